The maximum atomic E-state index is 13.2. The lowest BCUT2D eigenvalue weighted by atomic mass is 10.1. The zero-order chi connectivity index (χ0) is 24.0. The van der Waals surface area contributed by atoms with Crippen LogP contribution in [0.1, 0.15) is 24.5 Å². The Balaban J connectivity index is 1.76. The number of hydrogen-bond donors (Lipinski definition) is 1. The van der Waals surface area contributed by atoms with E-state index in [4.69, 9.17) is 11.6 Å². The molecule has 0 saturated heterocycles. The molecule has 0 fully saturated rings. The topological polar surface area (TPSA) is 66.5 Å². The van der Waals surface area contributed by atoms with Crippen molar-refractivity contribution in [2.45, 2.75) is 37.0 Å². The van der Waals surface area contributed by atoms with Crippen LogP contribution in [0.2, 0.25) is 5.02 Å². The van der Waals surface area contributed by atoms with Crippen LogP contribution in [0.15, 0.2) is 77.7 Å². The predicted octanol–water partition coefficient (Wildman–Crippen LogP) is 6.12. The SMILES string of the molecule is CC[C@@H](C(=O)Nc1ccc(CSc2ccccc2)cc1C)N(c1ccc(Cl)cc1)S(C)(=O)=O. The Morgan fingerprint density at radius 2 is 1.73 bits per heavy atom. The first-order valence-electron chi connectivity index (χ1n) is 10.5. The van der Waals surface area contributed by atoms with Gasteiger partial charge in [-0.05, 0) is 66.9 Å². The third-order valence-electron chi connectivity index (χ3n) is 5.11. The molecule has 1 atom stereocenters. The van der Waals surface area contributed by atoms with Gasteiger partial charge in [0.05, 0.1) is 11.9 Å². The van der Waals surface area contributed by atoms with Crippen molar-refractivity contribution >= 4 is 50.7 Å². The molecule has 0 radical (unpaired) electrons. The van der Waals surface area contributed by atoms with Crippen molar-refractivity contribution in [3.8, 4) is 0 Å². The summed E-state index contributed by atoms with van der Waals surface area (Å²) in [4.78, 5) is 14.4. The summed E-state index contributed by atoms with van der Waals surface area (Å²) < 4.78 is 26.3. The van der Waals surface area contributed by atoms with Crippen LogP contribution in [0, 0.1) is 6.92 Å². The monoisotopic (exact) mass is 502 g/mol. The number of thioether (sulfide) groups is 1. The minimum absolute atomic E-state index is 0.312. The van der Waals surface area contributed by atoms with E-state index in [0.717, 1.165) is 27.4 Å². The number of halogens is 1. The smallest absolute Gasteiger partial charge is 0.248 e. The standard InChI is InChI=1S/C25H27ClN2O3S2/c1-4-24(28(33(3,30)31)21-13-11-20(26)12-14-21)25(29)27-23-15-10-19(16-18(23)2)17-32-22-8-6-5-7-9-22/h5-16,24H,4,17H2,1-3H3,(H,27,29)/t24-/m0/s1. The Labute approximate surface area is 205 Å². The third-order valence-corrected chi connectivity index (χ3v) is 7.62. The Bertz CT molecular complexity index is 1200. The third kappa shape index (κ3) is 6.76. The van der Waals surface area contributed by atoms with Crippen LogP contribution >= 0.6 is 23.4 Å². The molecule has 0 heterocycles. The summed E-state index contributed by atoms with van der Waals surface area (Å²) in [6.07, 6.45) is 1.41. The summed E-state index contributed by atoms with van der Waals surface area (Å²) in [6, 6.07) is 21.6. The fraction of sp³-hybridized carbons (Fsp3) is 0.240. The molecule has 3 rings (SSSR count). The highest BCUT2D eigenvalue weighted by atomic mass is 35.5. The van der Waals surface area contributed by atoms with Gasteiger partial charge in [0.1, 0.15) is 6.04 Å². The first-order chi connectivity index (χ1) is 15.7. The molecule has 0 saturated carbocycles. The Morgan fingerprint density at radius 1 is 1.06 bits per heavy atom. The lowest BCUT2D eigenvalue weighted by molar-refractivity contribution is -0.117. The maximum Gasteiger partial charge on any atom is 0.248 e. The zero-order valence-electron chi connectivity index (χ0n) is 18.8. The predicted molar refractivity (Wildman–Crippen MR) is 139 cm³/mol. The van der Waals surface area contributed by atoms with Crippen molar-refractivity contribution in [1.82, 2.24) is 0 Å². The number of carbonyl (C=O) groups excluding carboxylic acids is 1. The van der Waals surface area contributed by atoms with Gasteiger partial charge in [0.2, 0.25) is 15.9 Å². The highest BCUT2D eigenvalue weighted by Gasteiger charge is 2.31. The van der Waals surface area contributed by atoms with Gasteiger partial charge in [0.15, 0.2) is 0 Å². The number of rotatable bonds is 9. The fourth-order valence-corrected chi connectivity index (χ4v) is 5.70. The maximum absolute atomic E-state index is 13.2. The number of benzene rings is 3. The average molecular weight is 503 g/mol. The molecule has 8 heteroatoms. The Kier molecular flexibility index (Phi) is 8.46. The van der Waals surface area contributed by atoms with E-state index in [2.05, 4.69) is 17.4 Å². The van der Waals surface area contributed by atoms with Crippen LogP contribution in [0.4, 0.5) is 11.4 Å². The first kappa shape index (κ1) is 25.1. The minimum atomic E-state index is -3.70. The number of nitrogens with one attached hydrogen (secondary N) is 1. The summed E-state index contributed by atoms with van der Waals surface area (Å²) in [5.41, 5.74) is 3.12. The quantitative estimate of drug-likeness (QED) is 0.358. The van der Waals surface area contributed by atoms with Gasteiger partial charge in [-0.25, -0.2) is 8.42 Å². The number of sulfonamides is 1. The van der Waals surface area contributed by atoms with Crippen LogP contribution in [-0.2, 0) is 20.6 Å². The number of carbonyl (C=O) groups is 1. The van der Waals surface area contributed by atoms with Gasteiger partial charge in [-0.2, -0.15) is 0 Å². The normalized spacial score (nSPS) is 12.2. The zero-order valence-corrected chi connectivity index (χ0v) is 21.2. The molecule has 0 aliphatic carbocycles. The molecule has 0 aliphatic heterocycles. The van der Waals surface area contributed by atoms with E-state index in [1.807, 2.05) is 43.3 Å². The van der Waals surface area contributed by atoms with Gasteiger partial charge >= 0.3 is 0 Å². The van der Waals surface area contributed by atoms with Crippen LogP contribution in [0.3, 0.4) is 0 Å². The Morgan fingerprint density at radius 3 is 2.30 bits per heavy atom. The van der Waals surface area contributed by atoms with Crippen LogP contribution in [0.5, 0.6) is 0 Å². The summed E-state index contributed by atoms with van der Waals surface area (Å²) >= 11 is 7.70. The highest BCUT2D eigenvalue weighted by molar-refractivity contribution is 7.98. The summed E-state index contributed by atoms with van der Waals surface area (Å²) in [7, 11) is -3.70. The summed E-state index contributed by atoms with van der Waals surface area (Å²) in [6.45, 7) is 3.72. The lowest BCUT2D eigenvalue weighted by Gasteiger charge is -2.30. The van der Waals surface area contributed by atoms with Crippen molar-refractivity contribution in [2.24, 2.45) is 0 Å². The van der Waals surface area contributed by atoms with Gasteiger partial charge in [-0.15, -0.1) is 11.8 Å². The second-order valence-corrected chi connectivity index (χ2v) is 11.0. The van der Waals surface area contributed by atoms with Crippen LogP contribution in [0.25, 0.3) is 0 Å². The van der Waals surface area contributed by atoms with Gasteiger partial charge in [-0.1, -0.05) is 48.9 Å². The molecule has 1 N–H and O–H groups in total. The van der Waals surface area contributed by atoms with Crippen LogP contribution < -0.4 is 9.62 Å². The van der Waals surface area contributed by atoms with Crippen molar-refractivity contribution in [1.29, 1.82) is 0 Å². The van der Waals surface area contributed by atoms with E-state index < -0.39 is 16.1 Å². The molecule has 0 aromatic heterocycles. The largest absolute Gasteiger partial charge is 0.324 e. The molecule has 3 aromatic carbocycles. The number of anilines is 2. The van der Waals surface area contributed by atoms with E-state index in [-0.39, 0.29) is 5.91 Å². The highest BCUT2D eigenvalue weighted by Crippen LogP contribution is 2.27. The number of aryl methyl sites for hydroxylation is 1. The molecule has 1 amide bonds. The summed E-state index contributed by atoms with van der Waals surface area (Å²) in [5, 5.41) is 3.41. The number of hydrogen-bond acceptors (Lipinski definition) is 4. The average Bonchev–Trinajstić information content (AvgIpc) is 2.78. The van der Waals surface area contributed by atoms with E-state index in [9.17, 15) is 13.2 Å². The number of amides is 1. The van der Waals surface area contributed by atoms with Crippen LogP contribution in [-0.4, -0.2) is 26.6 Å². The van der Waals surface area contributed by atoms with E-state index in [0.29, 0.717) is 22.8 Å². The molecule has 33 heavy (non-hydrogen) atoms. The second-order valence-electron chi connectivity index (χ2n) is 7.70. The number of nitrogens with zero attached hydrogens (tertiary/aromatic N) is 1. The van der Waals surface area contributed by atoms with Gasteiger partial charge in [-0.3, -0.25) is 9.10 Å². The minimum Gasteiger partial charge on any atom is -0.324 e. The molecule has 0 aliphatic rings. The summed E-state index contributed by atoms with van der Waals surface area (Å²) in [5.74, 6) is 0.433. The molecular weight excluding hydrogens is 476 g/mol. The van der Waals surface area contributed by atoms with Gasteiger partial charge in [0, 0.05) is 21.4 Å². The molecule has 0 unspecified atom stereocenters. The molecule has 5 nitrogen and oxygen atoms in total. The molecule has 3 aromatic rings. The molecule has 0 spiro atoms. The van der Waals surface area contributed by atoms with E-state index in [1.54, 1.807) is 43.0 Å². The molecule has 174 valence electrons. The van der Waals surface area contributed by atoms with E-state index >= 15 is 0 Å². The van der Waals surface area contributed by atoms with Crippen molar-refractivity contribution in [2.75, 3.05) is 15.9 Å². The van der Waals surface area contributed by atoms with E-state index in [1.165, 1.54) is 4.90 Å². The molecular formula is C25H27ClN2O3S2. The van der Waals surface area contributed by atoms with Gasteiger partial charge in [0.25, 0.3) is 0 Å². The fourth-order valence-electron chi connectivity index (χ4n) is 3.50. The lowest BCUT2D eigenvalue weighted by Crippen LogP contribution is -2.47. The van der Waals surface area contributed by atoms with Crippen molar-refractivity contribution < 1.29 is 13.2 Å². The molecule has 0 bridgehead atoms. The second kappa shape index (κ2) is 11.1. The Hall–Kier alpha value is -2.48. The van der Waals surface area contributed by atoms with Gasteiger partial charge < -0.3 is 5.32 Å². The first-order valence-corrected chi connectivity index (χ1v) is 13.7. The van der Waals surface area contributed by atoms with Crippen molar-refractivity contribution in [3.63, 3.8) is 0 Å². The van der Waals surface area contributed by atoms with Crippen molar-refractivity contribution in [3.05, 3.63) is 88.9 Å².